The summed E-state index contributed by atoms with van der Waals surface area (Å²) in [4.78, 5) is 18.4. The molecule has 0 N–H and O–H groups in total. The van der Waals surface area contributed by atoms with E-state index in [9.17, 15) is 4.79 Å². The molecule has 6 heteroatoms. The van der Waals surface area contributed by atoms with Crippen LogP contribution in [0.1, 0.15) is 12.0 Å². The van der Waals surface area contributed by atoms with Crippen molar-refractivity contribution in [2.75, 3.05) is 13.1 Å². The van der Waals surface area contributed by atoms with E-state index in [1.54, 1.807) is 29.3 Å². The number of aromatic nitrogens is 1. The fourth-order valence-electron chi connectivity index (χ4n) is 2.60. The third-order valence-corrected chi connectivity index (χ3v) is 4.52. The Morgan fingerprint density at radius 2 is 2.00 bits per heavy atom. The first kappa shape index (κ1) is 16.1. The highest BCUT2D eigenvalue weighted by Gasteiger charge is 2.28. The minimum absolute atomic E-state index is 0.00659. The maximum atomic E-state index is 12.5. The van der Waals surface area contributed by atoms with Crippen LogP contribution in [0, 0.1) is 0 Å². The number of benzene rings is 1. The number of hydrogen-bond acceptors (Lipinski definition) is 3. The van der Waals surface area contributed by atoms with Gasteiger partial charge in [-0.25, -0.2) is 4.98 Å². The molecule has 2 heterocycles. The number of rotatable bonds is 4. The summed E-state index contributed by atoms with van der Waals surface area (Å²) < 4.78 is 5.80. The third-order valence-electron chi connectivity index (χ3n) is 3.81. The molecule has 1 amide bonds. The fourth-order valence-corrected chi connectivity index (χ4v) is 3.13. The Hall–Kier alpha value is -1.78. The second-order valence-corrected chi connectivity index (χ2v) is 6.23. The van der Waals surface area contributed by atoms with Crippen molar-refractivity contribution < 1.29 is 9.53 Å². The van der Waals surface area contributed by atoms with Crippen LogP contribution in [0.3, 0.4) is 0 Å². The van der Waals surface area contributed by atoms with Crippen LogP contribution in [0.5, 0.6) is 5.88 Å². The van der Waals surface area contributed by atoms with Gasteiger partial charge in [-0.15, -0.1) is 0 Å². The van der Waals surface area contributed by atoms with E-state index in [4.69, 9.17) is 27.9 Å². The van der Waals surface area contributed by atoms with Gasteiger partial charge >= 0.3 is 0 Å². The van der Waals surface area contributed by atoms with E-state index in [0.717, 1.165) is 6.42 Å². The molecule has 120 valence electrons. The molecule has 3 rings (SSSR count). The van der Waals surface area contributed by atoms with E-state index in [0.29, 0.717) is 34.6 Å². The number of halogens is 2. The third kappa shape index (κ3) is 3.95. The molecule has 0 bridgehead atoms. The van der Waals surface area contributed by atoms with Crippen LogP contribution in [0.15, 0.2) is 42.6 Å². The van der Waals surface area contributed by atoms with Gasteiger partial charge in [0.2, 0.25) is 11.8 Å². The highest BCUT2D eigenvalue weighted by atomic mass is 35.5. The average Bonchev–Trinajstić information content (AvgIpc) is 3.00. The van der Waals surface area contributed by atoms with Gasteiger partial charge < -0.3 is 9.64 Å². The highest BCUT2D eigenvalue weighted by molar-refractivity contribution is 6.36. The Balaban J connectivity index is 1.59. The van der Waals surface area contributed by atoms with Crippen molar-refractivity contribution in [2.45, 2.75) is 18.9 Å². The van der Waals surface area contributed by atoms with Gasteiger partial charge in [-0.1, -0.05) is 35.3 Å². The van der Waals surface area contributed by atoms with E-state index in [1.165, 1.54) is 0 Å². The lowest BCUT2D eigenvalue weighted by molar-refractivity contribution is -0.129. The van der Waals surface area contributed by atoms with E-state index >= 15 is 0 Å². The first-order valence-corrected chi connectivity index (χ1v) is 8.17. The Kier molecular flexibility index (Phi) is 5.03. The van der Waals surface area contributed by atoms with Gasteiger partial charge in [0.15, 0.2) is 0 Å². The Morgan fingerprint density at radius 3 is 2.70 bits per heavy atom. The molecule has 1 aromatic heterocycles. The van der Waals surface area contributed by atoms with Gasteiger partial charge in [-0.05, 0) is 23.8 Å². The molecule has 1 atom stereocenters. The number of nitrogens with zero attached hydrogens (tertiary/aromatic N) is 2. The molecule has 1 aromatic carbocycles. The maximum absolute atomic E-state index is 12.5. The average molecular weight is 351 g/mol. The predicted molar refractivity (Wildman–Crippen MR) is 90.0 cm³/mol. The summed E-state index contributed by atoms with van der Waals surface area (Å²) in [6.07, 6.45) is 2.65. The Labute approximate surface area is 145 Å². The number of carbonyl (C=O) groups excluding carboxylic acids is 1. The number of carbonyl (C=O) groups is 1. The van der Waals surface area contributed by atoms with Crippen molar-refractivity contribution in [3.63, 3.8) is 0 Å². The quantitative estimate of drug-likeness (QED) is 0.845. The van der Waals surface area contributed by atoms with Gasteiger partial charge in [0.05, 0.1) is 13.0 Å². The Bertz CT molecular complexity index is 674. The van der Waals surface area contributed by atoms with Crippen LogP contribution in [-0.2, 0) is 11.2 Å². The van der Waals surface area contributed by atoms with Crippen LogP contribution in [-0.4, -0.2) is 35.0 Å². The molecule has 0 spiro atoms. The highest BCUT2D eigenvalue weighted by Crippen LogP contribution is 2.26. The van der Waals surface area contributed by atoms with Crippen molar-refractivity contribution in [1.29, 1.82) is 0 Å². The molecule has 0 radical (unpaired) electrons. The number of hydrogen-bond donors (Lipinski definition) is 0. The molecule has 23 heavy (non-hydrogen) atoms. The van der Waals surface area contributed by atoms with Gasteiger partial charge in [-0.3, -0.25) is 4.79 Å². The smallest absolute Gasteiger partial charge is 0.227 e. The fraction of sp³-hybridized carbons (Fsp3) is 0.294. The lowest BCUT2D eigenvalue weighted by Crippen LogP contribution is -2.32. The predicted octanol–water partition coefficient (Wildman–Crippen LogP) is 3.61. The summed E-state index contributed by atoms with van der Waals surface area (Å²) in [7, 11) is 0. The monoisotopic (exact) mass is 350 g/mol. The summed E-state index contributed by atoms with van der Waals surface area (Å²) in [6.45, 7) is 1.22. The van der Waals surface area contributed by atoms with Gasteiger partial charge in [-0.2, -0.15) is 0 Å². The van der Waals surface area contributed by atoms with Crippen molar-refractivity contribution in [3.05, 3.63) is 58.2 Å². The molecule has 1 saturated heterocycles. The second kappa shape index (κ2) is 7.20. The normalized spacial score (nSPS) is 17.3. The minimum Gasteiger partial charge on any atom is -0.472 e. The van der Waals surface area contributed by atoms with Crippen molar-refractivity contribution >= 4 is 29.1 Å². The lowest BCUT2D eigenvalue weighted by Gasteiger charge is -2.17. The molecular weight excluding hydrogens is 335 g/mol. The van der Waals surface area contributed by atoms with E-state index in [1.807, 2.05) is 18.2 Å². The molecular formula is C17H16Cl2N2O2. The summed E-state index contributed by atoms with van der Waals surface area (Å²) in [5.41, 5.74) is 0.676. The number of likely N-dealkylation sites (tertiary alicyclic amines) is 1. The van der Waals surface area contributed by atoms with E-state index in [2.05, 4.69) is 4.98 Å². The van der Waals surface area contributed by atoms with Crippen LogP contribution in [0.25, 0.3) is 0 Å². The summed E-state index contributed by atoms with van der Waals surface area (Å²) in [6, 6.07) is 10.8. The second-order valence-electron chi connectivity index (χ2n) is 5.41. The molecule has 1 fully saturated rings. The molecule has 1 aliphatic rings. The van der Waals surface area contributed by atoms with E-state index < -0.39 is 0 Å². The zero-order valence-electron chi connectivity index (χ0n) is 12.4. The zero-order chi connectivity index (χ0) is 16.2. The summed E-state index contributed by atoms with van der Waals surface area (Å²) in [5.74, 6) is 0.591. The number of amides is 1. The van der Waals surface area contributed by atoms with E-state index in [-0.39, 0.29) is 18.4 Å². The van der Waals surface area contributed by atoms with Crippen LogP contribution in [0.2, 0.25) is 10.0 Å². The molecule has 1 aliphatic heterocycles. The van der Waals surface area contributed by atoms with Crippen molar-refractivity contribution in [1.82, 2.24) is 9.88 Å². The number of ether oxygens (including phenoxy) is 1. The largest absolute Gasteiger partial charge is 0.472 e. The first-order valence-electron chi connectivity index (χ1n) is 7.42. The van der Waals surface area contributed by atoms with Crippen LogP contribution in [0.4, 0.5) is 0 Å². The topological polar surface area (TPSA) is 42.4 Å². The summed E-state index contributed by atoms with van der Waals surface area (Å²) >= 11 is 12.3. The Morgan fingerprint density at radius 1 is 1.22 bits per heavy atom. The SMILES string of the molecule is O=C(Cc1c(Cl)cccc1Cl)N1CC[C@@H](Oc2ccccn2)C1. The van der Waals surface area contributed by atoms with Crippen molar-refractivity contribution in [2.24, 2.45) is 0 Å². The van der Waals surface area contributed by atoms with Crippen molar-refractivity contribution in [3.8, 4) is 5.88 Å². The van der Waals surface area contributed by atoms with Crippen LogP contribution < -0.4 is 4.74 Å². The zero-order valence-corrected chi connectivity index (χ0v) is 13.9. The molecule has 0 unspecified atom stereocenters. The lowest BCUT2D eigenvalue weighted by atomic mass is 10.1. The van der Waals surface area contributed by atoms with Crippen LogP contribution >= 0.6 is 23.2 Å². The first-order chi connectivity index (χ1) is 11.1. The molecule has 4 nitrogen and oxygen atoms in total. The van der Waals surface area contributed by atoms with Gasteiger partial charge in [0.25, 0.3) is 0 Å². The molecule has 0 aliphatic carbocycles. The maximum Gasteiger partial charge on any atom is 0.227 e. The van der Waals surface area contributed by atoms with Gasteiger partial charge in [0.1, 0.15) is 6.10 Å². The molecule has 2 aromatic rings. The standard InChI is InChI=1S/C17H16Cl2N2O2/c18-14-4-3-5-15(19)13(14)10-17(22)21-9-7-12(11-21)23-16-6-1-2-8-20-16/h1-6,8,12H,7,9-11H2/t12-/m1/s1. The minimum atomic E-state index is -0.0319. The van der Waals surface area contributed by atoms with Gasteiger partial charge in [0, 0.05) is 35.3 Å². The molecule has 0 saturated carbocycles. The number of pyridine rings is 1. The summed E-state index contributed by atoms with van der Waals surface area (Å²) in [5, 5.41) is 1.04.